The van der Waals surface area contributed by atoms with Crippen LogP contribution in [0.1, 0.15) is 36.4 Å². The monoisotopic (exact) mass is 375 g/mol. The molecule has 1 aromatic heterocycles. The first kappa shape index (κ1) is 19.1. The van der Waals surface area contributed by atoms with Gasteiger partial charge in [-0.1, -0.05) is 6.07 Å². The lowest BCUT2D eigenvalue weighted by atomic mass is 10.1. The van der Waals surface area contributed by atoms with Gasteiger partial charge in [0.25, 0.3) is 0 Å². The molecule has 1 aliphatic rings. The van der Waals surface area contributed by atoms with Crippen LogP contribution < -0.4 is 9.47 Å². The summed E-state index contributed by atoms with van der Waals surface area (Å²) in [5, 5.41) is 3.16. The van der Waals surface area contributed by atoms with Crippen molar-refractivity contribution in [3.63, 3.8) is 0 Å². The summed E-state index contributed by atoms with van der Waals surface area (Å²) >= 11 is 1.70. The average molecular weight is 376 g/mol. The van der Waals surface area contributed by atoms with Gasteiger partial charge in [-0.3, -0.25) is 9.80 Å². The van der Waals surface area contributed by atoms with Crippen molar-refractivity contribution in [2.45, 2.75) is 32.4 Å². The second-order valence-corrected chi connectivity index (χ2v) is 7.77. The minimum Gasteiger partial charge on any atom is -0.493 e. The molecule has 0 spiro atoms. The number of rotatable bonds is 9. The van der Waals surface area contributed by atoms with Crippen molar-refractivity contribution in [2.24, 2.45) is 0 Å². The van der Waals surface area contributed by atoms with Crippen LogP contribution in [0.25, 0.3) is 0 Å². The number of thiazole rings is 1. The molecule has 0 N–H and O–H groups in total. The summed E-state index contributed by atoms with van der Waals surface area (Å²) in [6.07, 6.45) is 4.48. The van der Waals surface area contributed by atoms with E-state index in [1.165, 1.54) is 31.5 Å². The lowest BCUT2D eigenvalue weighted by molar-refractivity contribution is 0.229. The zero-order valence-corrected chi connectivity index (χ0v) is 16.8. The van der Waals surface area contributed by atoms with Crippen LogP contribution in [0.2, 0.25) is 0 Å². The highest BCUT2D eigenvalue weighted by atomic mass is 32.1. The Morgan fingerprint density at radius 1 is 1.27 bits per heavy atom. The molecule has 3 rings (SSSR count). The molecular weight excluding hydrogens is 346 g/mol. The molecule has 1 atom stereocenters. The molecule has 0 amide bonds. The van der Waals surface area contributed by atoms with E-state index in [0.717, 1.165) is 29.6 Å². The quantitative estimate of drug-likeness (QED) is 0.666. The van der Waals surface area contributed by atoms with E-state index in [1.54, 1.807) is 18.4 Å². The second kappa shape index (κ2) is 9.35. The van der Waals surface area contributed by atoms with Gasteiger partial charge in [0, 0.05) is 24.7 Å². The fourth-order valence-electron chi connectivity index (χ4n) is 3.27. The van der Waals surface area contributed by atoms with Crippen molar-refractivity contribution in [1.29, 1.82) is 0 Å². The van der Waals surface area contributed by atoms with Crippen molar-refractivity contribution < 1.29 is 9.47 Å². The van der Waals surface area contributed by atoms with Crippen molar-refractivity contribution in [3.8, 4) is 11.5 Å². The Hall–Kier alpha value is -1.63. The summed E-state index contributed by atoms with van der Waals surface area (Å²) in [4.78, 5) is 9.17. The van der Waals surface area contributed by atoms with E-state index < -0.39 is 0 Å². The zero-order chi connectivity index (χ0) is 18.4. The Morgan fingerprint density at radius 2 is 2.08 bits per heavy atom. The molecule has 1 aromatic carbocycles. The molecule has 0 bridgehead atoms. The van der Waals surface area contributed by atoms with E-state index in [2.05, 4.69) is 40.9 Å². The molecule has 0 saturated carbocycles. The van der Waals surface area contributed by atoms with Gasteiger partial charge in [0.15, 0.2) is 11.5 Å². The van der Waals surface area contributed by atoms with Gasteiger partial charge in [-0.15, -0.1) is 11.3 Å². The first-order chi connectivity index (χ1) is 12.7. The Bertz CT molecular complexity index is 672. The van der Waals surface area contributed by atoms with E-state index in [0.29, 0.717) is 6.61 Å². The predicted octanol–water partition coefficient (Wildman–Crippen LogP) is 3.82. The van der Waals surface area contributed by atoms with Crippen LogP contribution in [0.15, 0.2) is 29.8 Å². The molecule has 0 aliphatic carbocycles. The van der Waals surface area contributed by atoms with Crippen molar-refractivity contribution in [1.82, 2.24) is 14.8 Å². The van der Waals surface area contributed by atoms with E-state index in [1.807, 2.05) is 17.6 Å². The third-order valence-electron chi connectivity index (χ3n) is 4.99. The topological polar surface area (TPSA) is 37.8 Å². The van der Waals surface area contributed by atoms with Gasteiger partial charge in [-0.25, -0.2) is 4.98 Å². The van der Waals surface area contributed by atoms with Gasteiger partial charge in [-0.2, -0.15) is 0 Å². The van der Waals surface area contributed by atoms with Crippen LogP contribution in [0.5, 0.6) is 11.5 Å². The molecule has 5 nitrogen and oxygen atoms in total. The van der Waals surface area contributed by atoms with E-state index in [4.69, 9.17) is 9.47 Å². The highest BCUT2D eigenvalue weighted by molar-refractivity contribution is 7.09. The van der Waals surface area contributed by atoms with Crippen LogP contribution in [0, 0.1) is 0 Å². The van der Waals surface area contributed by atoms with Crippen LogP contribution in [0.3, 0.4) is 0 Å². The molecule has 2 aromatic rings. The largest absolute Gasteiger partial charge is 0.493 e. The Morgan fingerprint density at radius 3 is 2.77 bits per heavy atom. The molecule has 26 heavy (non-hydrogen) atoms. The van der Waals surface area contributed by atoms with Gasteiger partial charge in [0.05, 0.1) is 13.2 Å². The summed E-state index contributed by atoms with van der Waals surface area (Å²) in [5.74, 6) is 1.63. The maximum Gasteiger partial charge on any atom is 0.161 e. The highest BCUT2D eigenvalue weighted by Gasteiger charge is 2.16. The Labute approximate surface area is 160 Å². The number of methoxy groups -OCH3 is 1. The zero-order valence-electron chi connectivity index (χ0n) is 16.0. The maximum absolute atomic E-state index is 5.97. The molecule has 1 aliphatic heterocycles. The summed E-state index contributed by atoms with van der Waals surface area (Å²) in [6.45, 7) is 7.11. The molecule has 0 radical (unpaired) electrons. The normalized spacial score (nSPS) is 16.2. The molecule has 1 saturated heterocycles. The lowest BCUT2D eigenvalue weighted by Gasteiger charge is -2.23. The lowest BCUT2D eigenvalue weighted by Crippen LogP contribution is -2.25. The van der Waals surface area contributed by atoms with Gasteiger partial charge in [0.2, 0.25) is 0 Å². The molecule has 2 heterocycles. The minimum atomic E-state index is 0.289. The van der Waals surface area contributed by atoms with Gasteiger partial charge >= 0.3 is 0 Å². The number of nitrogens with zero attached hydrogens (tertiary/aromatic N) is 3. The smallest absolute Gasteiger partial charge is 0.161 e. The third kappa shape index (κ3) is 4.96. The Balaban J connectivity index is 1.56. The SMILES string of the molecule is COc1cc(CN(C)[C@H](C)c2nccs2)ccc1OCCN1CCCC1. The summed E-state index contributed by atoms with van der Waals surface area (Å²) in [7, 11) is 3.83. The fourth-order valence-corrected chi connectivity index (χ4v) is 4.03. The first-order valence-corrected chi connectivity index (χ1v) is 10.2. The Kier molecular flexibility index (Phi) is 6.88. The van der Waals surface area contributed by atoms with Crippen LogP contribution in [-0.4, -0.2) is 55.2 Å². The summed E-state index contributed by atoms with van der Waals surface area (Å²) in [5.41, 5.74) is 1.21. The number of likely N-dealkylation sites (tertiary alicyclic amines) is 1. The van der Waals surface area contributed by atoms with Crippen LogP contribution in [0.4, 0.5) is 0 Å². The molecular formula is C20H29N3O2S. The molecule has 6 heteroatoms. The number of benzene rings is 1. The third-order valence-corrected chi connectivity index (χ3v) is 5.94. The minimum absolute atomic E-state index is 0.289. The van der Waals surface area contributed by atoms with Crippen LogP contribution >= 0.6 is 11.3 Å². The number of aromatic nitrogens is 1. The summed E-state index contributed by atoms with van der Waals surface area (Å²) in [6, 6.07) is 6.52. The van der Waals surface area contributed by atoms with Gasteiger partial charge in [-0.05, 0) is 57.6 Å². The highest BCUT2D eigenvalue weighted by Crippen LogP contribution is 2.30. The summed E-state index contributed by atoms with van der Waals surface area (Å²) < 4.78 is 11.5. The van der Waals surface area contributed by atoms with Crippen LogP contribution in [-0.2, 0) is 6.54 Å². The van der Waals surface area contributed by atoms with E-state index in [-0.39, 0.29) is 6.04 Å². The van der Waals surface area contributed by atoms with E-state index >= 15 is 0 Å². The molecule has 0 unspecified atom stereocenters. The fraction of sp³-hybridized carbons (Fsp3) is 0.550. The van der Waals surface area contributed by atoms with Gasteiger partial charge in [0.1, 0.15) is 11.6 Å². The molecule has 142 valence electrons. The average Bonchev–Trinajstić information content (AvgIpc) is 3.36. The first-order valence-electron chi connectivity index (χ1n) is 9.29. The van der Waals surface area contributed by atoms with Crippen molar-refractivity contribution >= 4 is 11.3 Å². The standard InChI is InChI=1S/C20H29N3O2S/c1-16(20-21-8-13-26-20)22(2)15-17-6-7-18(19(14-17)24-3)25-12-11-23-9-4-5-10-23/h6-8,13-14,16H,4-5,9-12,15H2,1-3H3/t16-/m1/s1. The number of hydrogen-bond donors (Lipinski definition) is 0. The van der Waals surface area contributed by atoms with Crippen molar-refractivity contribution in [2.75, 3.05) is 40.4 Å². The van der Waals surface area contributed by atoms with Crippen molar-refractivity contribution in [3.05, 3.63) is 40.3 Å². The van der Waals surface area contributed by atoms with E-state index in [9.17, 15) is 0 Å². The maximum atomic E-state index is 5.97. The predicted molar refractivity (Wildman–Crippen MR) is 106 cm³/mol. The second-order valence-electron chi connectivity index (χ2n) is 6.84. The number of hydrogen-bond acceptors (Lipinski definition) is 6. The van der Waals surface area contributed by atoms with Gasteiger partial charge < -0.3 is 9.47 Å². The number of ether oxygens (including phenoxy) is 2. The molecule has 1 fully saturated rings.